The topological polar surface area (TPSA) is 80.9 Å². The van der Waals surface area contributed by atoms with Gasteiger partial charge in [-0.25, -0.2) is 9.37 Å². The zero-order valence-corrected chi connectivity index (χ0v) is 10.4. The van der Waals surface area contributed by atoms with Crippen LogP contribution in [0, 0.1) is 5.82 Å². The van der Waals surface area contributed by atoms with E-state index in [2.05, 4.69) is 15.3 Å². The highest BCUT2D eigenvalue weighted by atomic mass is 32.1. The molecule has 0 aromatic carbocycles. The summed E-state index contributed by atoms with van der Waals surface area (Å²) in [5, 5.41) is 2.49. The number of carbonyl (C=O) groups is 1. The van der Waals surface area contributed by atoms with Crippen molar-refractivity contribution in [3.8, 4) is 0 Å². The molecule has 0 spiro atoms. The molecule has 2 aromatic rings. The first-order valence-corrected chi connectivity index (χ1v) is 5.66. The van der Waals surface area contributed by atoms with Gasteiger partial charge in [-0.15, -0.1) is 0 Å². The van der Waals surface area contributed by atoms with Gasteiger partial charge in [0.1, 0.15) is 22.3 Å². The maximum absolute atomic E-state index is 12.7. The third-order valence-corrected chi connectivity index (χ3v) is 2.49. The molecule has 0 atom stereocenters. The zero-order chi connectivity index (χ0) is 13.8. The summed E-state index contributed by atoms with van der Waals surface area (Å²) < 4.78 is 12.7. The van der Waals surface area contributed by atoms with E-state index in [1.54, 1.807) is 6.07 Å². The summed E-state index contributed by atoms with van der Waals surface area (Å²) >= 11 is 4.78. The van der Waals surface area contributed by atoms with Crippen LogP contribution in [0.15, 0.2) is 36.7 Å². The Kier molecular flexibility index (Phi) is 3.76. The lowest BCUT2D eigenvalue weighted by molar-refractivity contribution is 0.102. The van der Waals surface area contributed by atoms with Crippen molar-refractivity contribution in [2.75, 3.05) is 5.32 Å². The molecule has 5 nitrogen and oxygen atoms in total. The van der Waals surface area contributed by atoms with Gasteiger partial charge in [0, 0.05) is 11.8 Å². The fourth-order valence-electron chi connectivity index (χ4n) is 1.30. The van der Waals surface area contributed by atoms with E-state index in [0.717, 1.165) is 6.20 Å². The number of pyridine rings is 2. The molecular weight excluding hydrogens is 267 g/mol. The van der Waals surface area contributed by atoms with E-state index in [4.69, 9.17) is 18.0 Å². The molecule has 1 amide bonds. The Morgan fingerprint density at radius 3 is 2.53 bits per heavy atom. The molecule has 2 rings (SSSR count). The molecule has 0 saturated heterocycles. The van der Waals surface area contributed by atoms with Crippen LogP contribution in [0.1, 0.15) is 16.1 Å². The van der Waals surface area contributed by atoms with E-state index < -0.39 is 11.7 Å². The van der Waals surface area contributed by atoms with Crippen molar-refractivity contribution >= 4 is 28.9 Å². The number of carbonyl (C=O) groups excluding carboxylic acids is 1. The largest absolute Gasteiger partial charge is 0.389 e. The van der Waals surface area contributed by atoms with E-state index in [9.17, 15) is 9.18 Å². The molecule has 0 unspecified atom stereocenters. The number of amides is 1. The van der Waals surface area contributed by atoms with Gasteiger partial charge < -0.3 is 11.1 Å². The Labute approximate surface area is 113 Å². The van der Waals surface area contributed by atoms with Gasteiger partial charge in [-0.05, 0) is 24.3 Å². The number of anilines is 1. The third kappa shape index (κ3) is 3.29. The lowest BCUT2D eigenvalue weighted by Gasteiger charge is -2.04. The van der Waals surface area contributed by atoms with Crippen LogP contribution in [-0.4, -0.2) is 20.9 Å². The third-order valence-electron chi connectivity index (χ3n) is 2.25. The minimum atomic E-state index is -0.475. The van der Waals surface area contributed by atoms with E-state index in [0.29, 0.717) is 5.56 Å². The maximum Gasteiger partial charge on any atom is 0.275 e. The van der Waals surface area contributed by atoms with Crippen LogP contribution in [0.2, 0.25) is 0 Å². The summed E-state index contributed by atoms with van der Waals surface area (Å²) in [6.07, 6.45) is 2.42. The van der Waals surface area contributed by atoms with Gasteiger partial charge >= 0.3 is 0 Å². The van der Waals surface area contributed by atoms with Crippen LogP contribution < -0.4 is 11.1 Å². The summed E-state index contributed by atoms with van der Waals surface area (Å²) in [5.41, 5.74) is 6.18. The zero-order valence-electron chi connectivity index (χ0n) is 9.63. The van der Waals surface area contributed by atoms with Gasteiger partial charge in [0.25, 0.3) is 5.91 Å². The Morgan fingerprint density at radius 1 is 1.21 bits per heavy atom. The minimum absolute atomic E-state index is 0.186. The van der Waals surface area contributed by atoms with Crippen LogP contribution in [-0.2, 0) is 0 Å². The normalized spacial score (nSPS) is 9.95. The van der Waals surface area contributed by atoms with Crippen molar-refractivity contribution in [2.45, 2.75) is 0 Å². The highest BCUT2D eigenvalue weighted by molar-refractivity contribution is 7.80. The Balaban J connectivity index is 2.11. The molecule has 96 valence electrons. The molecule has 0 aliphatic rings. The second-order valence-electron chi connectivity index (χ2n) is 3.61. The number of hydrogen-bond acceptors (Lipinski definition) is 4. The second-order valence-corrected chi connectivity index (χ2v) is 4.05. The number of aromatic nitrogens is 2. The van der Waals surface area contributed by atoms with Gasteiger partial charge in [0.2, 0.25) is 0 Å². The van der Waals surface area contributed by atoms with Gasteiger partial charge in [0.05, 0.1) is 6.20 Å². The lowest BCUT2D eigenvalue weighted by atomic mass is 10.2. The molecule has 3 N–H and O–H groups in total. The van der Waals surface area contributed by atoms with Gasteiger partial charge in [0.15, 0.2) is 0 Å². The number of thiocarbonyl (C=S) groups is 1. The van der Waals surface area contributed by atoms with Crippen molar-refractivity contribution in [1.29, 1.82) is 0 Å². The van der Waals surface area contributed by atoms with Gasteiger partial charge in [-0.2, -0.15) is 0 Å². The minimum Gasteiger partial charge on any atom is -0.389 e. The van der Waals surface area contributed by atoms with E-state index in [-0.39, 0.29) is 16.5 Å². The smallest absolute Gasteiger partial charge is 0.275 e. The molecule has 2 heterocycles. The van der Waals surface area contributed by atoms with E-state index >= 15 is 0 Å². The summed E-state index contributed by atoms with van der Waals surface area (Å²) in [5.74, 6) is -0.683. The molecule has 0 saturated carbocycles. The van der Waals surface area contributed by atoms with Crippen LogP contribution in [0.25, 0.3) is 0 Å². The molecule has 2 aromatic heterocycles. The molecule has 7 heteroatoms. The quantitative estimate of drug-likeness (QED) is 0.830. The average Bonchev–Trinajstić information content (AvgIpc) is 2.41. The van der Waals surface area contributed by atoms with Crippen LogP contribution in [0.4, 0.5) is 10.2 Å². The molecular formula is C12H9FN4OS. The Bertz CT molecular complexity index is 613. The number of hydrogen-bond donors (Lipinski definition) is 2. The predicted molar refractivity (Wildman–Crippen MR) is 72.3 cm³/mol. The maximum atomic E-state index is 12.7. The molecule has 19 heavy (non-hydrogen) atoms. The summed E-state index contributed by atoms with van der Waals surface area (Å²) in [4.78, 5) is 19.7. The molecule has 0 bridgehead atoms. The standard InChI is InChI=1S/C12H9FN4OS/c13-8-2-4-10(16-6-8)17-12(18)9-3-1-7(5-15-9)11(14)19/h1-6H,(H2,14,19)(H,16,17,18). The van der Waals surface area contributed by atoms with Gasteiger partial charge in [-0.3, -0.25) is 9.78 Å². The van der Waals surface area contributed by atoms with Crippen molar-refractivity contribution in [1.82, 2.24) is 9.97 Å². The van der Waals surface area contributed by atoms with Crippen LogP contribution in [0.3, 0.4) is 0 Å². The summed E-state index contributed by atoms with van der Waals surface area (Å²) in [6.45, 7) is 0. The van der Waals surface area contributed by atoms with Crippen molar-refractivity contribution in [3.05, 3.63) is 53.7 Å². The Hall–Kier alpha value is -2.41. The fourth-order valence-corrected chi connectivity index (χ4v) is 1.42. The van der Waals surface area contributed by atoms with E-state index in [1.165, 1.54) is 24.4 Å². The fraction of sp³-hybridized carbons (Fsp3) is 0. The monoisotopic (exact) mass is 276 g/mol. The number of nitrogens with one attached hydrogen (secondary N) is 1. The summed E-state index contributed by atoms with van der Waals surface area (Å²) in [6, 6.07) is 5.65. The summed E-state index contributed by atoms with van der Waals surface area (Å²) in [7, 11) is 0. The van der Waals surface area contributed by atoms with Gasteiger partial charge in [-0.1, -0.05) is 12.2 Å². The van der Waals surface area contributed by atoms with Crippen molar-refractivity contribution in [2.24, 2.45) is 5.73 Å². The first-order chi connectivity index (χ1) is 9.06. The lowest BCUT2D eigenvalue weighted by Crippen LogP contribution is -2.16. The highest BCUT2D eigenvalue weighted by Gasteiger charge is 2.08. The Morgan fingerprint density at radius 2 is 2.00 bits per heavy atom. The van der Waals surface area contributed by atoms with E-state index in [1.807, 2.05) is 0 Å². The molecule has 0 radical (unpaired) electrons. The SMILES string of the molecule is NC(=S)c1ccc(C(=O)Nc2ccc(F)cn2)nc1. The first-order valence-electron chi connectivity index (χ1n) is 5.25. The second kappa shape index (κ2) is 5.49. The average molecular weight is 276 g/mol. The number of halogens is 1. The number of nitrogens with zero attached hydrogens (tertiary/aromatic N) is 2. The van der Waals surface area contributed by atoms with Crippen LogP contribution >= 0.6 is 12.2 Å². The predicted octanol–water partition coefficient (Wildman–Crippen LogP) is 1.50. The molecule has 0 aliphatic heterocycles. The van der Waals surface area contributed by atoms with Crippen LogP contribution in [0.5, 0.6) is 0 Å². The number of rotatable bonds is 3. The van der Waals surface area contributed by atoms with Crippen molar-refractivity contribution < 1.29 is 9.18 Å². The first kappa shape index (κ1) is 13.0. The molecule has 0 fully saturated rings. The van der Waals surface area contributed by atoms with Crippen molar-refractivity contribution in [3.63, 3.8) is 0 Å². The molecule has 0 aliphatic carbocycles. The number of nitrogens with two attached hydrogens (primary N) is 1. The highest BCUT2D eigenvalue weighted by Crippen LogP contribution is 2.06.